The highest BCUT2D eigenvalue weighted by Gasteiger charge is 2.16. The van der Waals surface area contributed by atoms with Gasteiger partial charge in [-0.2, -0.15) is 0 Å². The van der Waals surface area contributed by atoms with E-state index in [9.17, 15) is 4.79 Å². The van der Waals surface area contributed by atoms with Gasteiger partial charge in [0.25, 0.3) is 0 Å². The van der Waals surface area contributed by atoms with Gasteiger partial charge in [-0.1, -0.05) is 39.5 Å². The molecule has 1 fully saturated rings. The first-order chi connectivity index (χ1) is 6.18. The van der Waals surface area contributed by atoms with Crippen LogP contribution in [0.15, 0.2) is 0 Å². The summed E-state index contributed by atoms with van der Waals surface area (Å²) in [5.41, 5.74) is 0. The second-order valence-corrected chi connectivity index (χ2v) is 4.83. The van der Waals surface area contributed by atoms with Crippen molar-refractivity contribution in [1.29, 1.82) is 0 Å². The minimum Gasteiger partial charge on any atom is -0.300 e. The first kappa shape index (κ1) is 10.7. The summed E-state index contributed by atoms with van der Waals surface area (Å²) in [5, 5.41) is 0. The van der Waals surface area contributed by atoms with Gasteiger partial charge in [0.05, 0.1) is 0 Å². The Bertz CT molecular complexity index is 155. The number of Topliss-reactive ketones (excluding diaryl/α,β-unsaturated/α-hetero) is 1. The van der Waals surface area contributed by atoms with Crippen LogP contribution in [0.4, 0.5) is 0 Å². The van der Waals surface area contributed by atoms with Gasteiger partial charge in [0, 0.05) is 12.8 Å². The molecule has 1 heteroatoms. The molecule has 0 amide bonds. The Balaban J connectivity index is 2.07. The SMILES string of the molecule is CC(C)CC(=O)CCC1CCCC1. The summed E-state index contributed by atoms with van der Waals surface area (Å²) in [6.45, 7) is 4.24. The van der Waals surface area contributed by atoms with E-state index in [4.69, 9.17) is 0 Å². The van der Waals surface area contributed by atoms with Crippen molar-refractivity contribution in [3.8, 4) is 0 Å². The lowest BCUT2D eigenvalue weighted by Gasteiger charge is -2.08. The average molecular weight is 182 g/mol. The van der Waals surface area contributed by atoms with Crippen molar-refractivity contribution in [2.45, 2.75) is 58.8 Å². The van der Waals surface area contributed by atoms with Gasteiger partial charge in [-0.05, 0) is 18.3 Å². The molecule has 0 radical (unpaired) electrons. The first-order valence-electron chi connectivity index (χ1n) is 5.70. The van der Waals surface area contributed by atoms with Crippen LogP contribution in [0.25, 0.3) is 0 Å². The maximum Gasteiger partial charge on any atom is 0.133 e. The average Bonchev–Trinajstić information content (AvgIpc) is 2.51. The zero-order chi connectivity index (χ0) is 9.68. The van der Waals surface area contributed by atoms with Crippen LogP contribution in [0.1, 0.15) is 58.8 Å². The number of rotatable bonds is 5. The minimum absolute atomic E-state index is 0.474. The number of hydrogen-bond donors (Lipinski definition) is 0. The second-order valence-electron chi connectivity index (χ2n) is 4.83. The van der Waals surface area contributed by atoms with E-state index in [2.05, 4.69) is 13.8 Å². The van der Waals surface area contributed by atoms with Crippen LogP contribution < -0.4 is 0 Å². The van der Waals surface area contributed by atoms with Gasteiger partial charge in [-0.15, -0.1) is 0 Å². The summed E-state index contributed by atoms with van der Waals surface area (Å²) in [7, 11) is 0. The van der Waals surface area contributed by atoms with Gasteiger partial charge in [-0.25, -0.2) is 0 Å². The van der Waals surface area contributed by atoms with E-state index >= 15 is 0 Å². The van der Waals surface area contributed by atoms with E-state index in [-0.39, 0.29) is 0 Å². The van der Waals surface area contributed by atoms with E-state index in [1.165, 1.54) is 25.7 Å². The van der Waals surface area contributed by atoms with E-state index in [0.29, 0.717) is 11.7 Å². The van der Waals surface area contributed by atoms with Crippen molar-refractivity contribution in [3.63, 3.8) is 0 Å². The number of carbonyl (C=O) groups is 1. The van der Waals surface area contributed by atoms with Crippen LogP contribution in [0, 0.1) is 11.8 Å². The van der Waals surface area contributed by atoms with Crippen LogP contribution in [-0.4, -0.2) is 5.78 Å². The molecule has 0 heterocycles. The lowest BCUT2D eigenvalue weighted by atomic mass is 9.97. The van der Waals surface area contributed by atoms with E-state index in [0.717, 1.165) is 25.2 Å². The Kier molecular flexibility index (Phi) is 4.47. The Hall–Kier alpha value is -0.330. The summed E-state index contributed by atoms with van der Waals surface area (Å²) in [4.78, 5) is 11.4. The molecule has 0 saturated heterocycles. The van der Waals surface area contributed by atoms with Gasteiger partial charge < -0.3 is 0 Å². The van der Waals surface area contributed by atoms with Gasteiger partial charge in [0.15, 0.2) is 0 Å². The molecule has 13 heavy (non-hydrogen) atoms. The number of hydrogen-bond acceptors (Lipinski definition) is 1. The molecular weight excluding hydrogens is 160 g/mol. The van der Waals surface area contributed by atoms with E-state index in [1.807, 2.05) is 0 Å². The predicted molar refractivity (Wildman–Crippen MR) is 55.7 cm³/mol. The lowest BCUT2D eigenvalue weighted by molar-refractivity contribution is -0.120. The maximum absolute atomic E-state index is 11.4. The quantitative estimate of drug-likeness (QED) is 0.635. The normalized spacial score (nSPS) is 18.4. The second kappa shape index (κ2) is 5.41. The molecule has 0 aromatic heterocycles. The predicted octanol–water partition coefficient (Wildman–Crippen LogP) is 3.57. The molecule has 1 nitrogen and oxygen atoms in total. The standard InChI is InChI=1S/C12H22O/c1-10(2)9-12(13)8-7-11-5-3-4-6-11/h10-11H,3-9H2,1-2H3. The fourth-order valence-electron chi connectivity index (χ4n) is 2.22. The van der Waals surface area contributed by atoms with Crippen LogP contribution in [-0.2, 0) is 4.79 Å². The van der Waals surface area contributed by atoms with E-state index in [1.54, 1.807) is 0 Å². The molecular formula is C12H22O. The van der Waals surface area contributed by atoms with Gasteiger partial charge in [0.1, 0.15) is 5.78 Å². The zero-order valence-corrected chi connectivity index (χ0v) is 9.01. The van der Waals surface area contributed by atoms with Crippen LogP contribution >= 0.6 is 0 Å². The molecule has 1 aliphatic rings. The highest BCUT2D eigenvalue weighted by atomic mass is 16.1. The third kappa shape index (κ3) is 4.44. The zero-order valence-electron chi connectivity index (χ0n) is 9.01. The Morgan fingerprint density at radius 3 is 2.46 bits per heavy atom. The molecule has 1 rings (SSSR count). The molecule has 0 aromatic rings. The summed E-state index contributed by atoms with van der Waals surface area (Å²) in [6.07, 6.45) is 8.30. The molecule has 1 aliphatic carbocycles. The monoisotopic (exact) mass is 182 g/mol. The third-order valence-electron chi connectivity index (χ3n) is 2.94. The molecule has 1 saturated carbocycles. The first-order valence-corrected chi connectivity index (χ1v) is 5.70. The summed E-state index contributed by atoms with van der Waals surface area (Å²) in [5.74, 6) is 1.88. The third-order valence-corrected chi connectivity index (χ3v) is 2.94. The lowest BCUT2D eigenvalue weighted by Crippen LogP contribution is -2.05. The fourth-order valence-corrected chi connectivity index (χ4v) is 2.22. The summed E-state index contributed by atoms with van der Waals surface area (Å²) in [6, 6.07) is 0. The molecule has 0 unspecified atom stereocenters. The Labute approximate surface area is 81.9 Å². The summed E-state index contributed by atoms with van der Waals surface area (Å²) < 4.78 is 0. The topological polar surface area (TPSA) is 17.1 Å². The Morgan fingerprint density at radius 1 is 1.31 bits per heavy atom. The number of carbonyl (C=O) groups excluding carboxylic acids is 1. The van der Waals surface area contributed by atoms with Crippen LogP contribution in [0.5, 0.6) is 0 Å². The van der Waals surface area contributed by atoms with Crippen LogP contribution in [0.3, 0.4) is 0 Å². The number of ketones is 1. The van der Waals surface area contributed by atoms with Crippen molar-refractivity contribution >= 4 is 5.78 Å². The molecule has 0 N–H and O–H groups in total. The van der Waals surface area contributed by atoms with Gasteiger partial charge in [-0.3, -0.25) is 4.79 Å². The van der Waals surface area contributed by atoms with Crippen molar-refractivity contribution in [1.82, 2.24) is 0 Å². The highest BCUT2D eigenvalue weighted by molar-refractivity contribution is 5.78. The largest absolute Gasteiger partial charge is 0.300 e. The molecule has 0 aromatic carbocycles. The molecule has 0 aliphatic heterocycles. The fraction of sp³-hybridized carbons (Fsp3) is 0.917. The minimum atomic E-state index is 0.474. The van der Waals surface area contributed by atoms with Crippen molar-refractivity contribution in [2.24, 2.45) is 11.8 Å². The Morgan fingerprint density at radius 2 is 1.92 bits per heavy atom. The molecule has 0 bridgehead atoms. The smallest absolute Gasteiger partial charge is 0.133 e. The molecule has 0 spiro atoms. The highest BCUT2D eigenvalue weighted by Crippen LogP contribution is 2.28. The maximum atomic E-state index is 11.4. The van der Waals surface area contributed by atoms with E-state index < -0.39 is 0 Å². The van der Waals surface area contributed by atoms with Crippen molar-refractivity contribution < 1.29 is 4.79 Å². The van der Waals surface area contributed by atoms with Crippen molar-refractivity contribution in [2.75, 3.05) is 0 Å². The van der Waals surface area contributed by atoms with Gasteiger partial charge >= 0.3 is 0 Å². The molecule has 0 atom stereocenters. The van der Waals surface area contributed by atoms with Gasteiger partial charge in [0.2, 0.25) is 0 Å². The molecule has 76 valence electrons. The van der Waals surface area contributed by atoms with Crippen molar-refractivity contribution in [3.05, 3.63) is 0 Å². The summed E-state index contributed by atoms with van der Waals surface area (Å²) >= 11 is 0. The van der Waals surface area contributed by atoms with Crippen LogP contribution in [0.2, 0.25) is 0 Å².